The standard InChI is InChI=1S/C2H5NO.3H2O/c1-2(3)4;;;/h1H3,(H2,3,4);3*1H2. The zero-order chi connectivity index (χ0) is 3.58. The molecule has 0 spiro atoms. The van der Waals surface area contributed by atoms with Gasteiger partial charge in [0, 0.05) is 6.92 Å². The van der Waals surface area contributed by atoms with Gasteiger partial charge in [-0.15, -0.1) is 0 Å². The minimum atomic E-state index is -0.333. The van der Waals surface area contributed by atoms with Gasteiger partial charge in [-0.2, -0.15) is 0 Å². The van der Waals surface area contributed by atoms with Crippen molar-refractivity contribution in [2.75, 3.05) is 0 Å². The molecule has 5 nitrogen and oxygen atoms in total. The van der Waals surface area contributed by atoms with E-state index < -0.39 is 0 Å². The van der Waals surface area contributed by atoms with Gasteiger partial charge in [0.15, 0.2) is 0 Å². The Balaban J connectivity index is -0.0000000150. The summed E-state index contributed by atoms with van der Waals surface area (Å²) in [4.78, 5) is 9.22. The fraction of sp³-hybridized carbons (Fsp3) is 0.500. The minimum Gasteiger partial charge on any atom is -0.412 e. The van der Waals surface area contributed by atoms with Crippen LogP contribution in [0.25, 0.3) is 0 Å². The van der Waals surface area contributed by atoms with E-state index in [0.717, 1.165) is 0 Å². The lowest BCUT2D eigenvalue weighted by molar-refractivity contribution is -0.115. The molecule has 48 valence electrons. The molecule has 0 atom stereocenters. The fourth-order valence-electron chi connectivity index (χ4n) is 0. The minimum absolute atomic E-state index is 0. The largest absolute Gasteiger partial charge is 0.412 e. The first-order valence-corrected chi connectivity index (χ1v) is 0.993. The topological polar surface area (TPSA) is 138 Å². The van der Waals surface area contributed by atoms with Gasteiger partial charge in [0.1, 0.15) is 0 Å². The molecule has 7 heavy (non-hydrogen) atoms. The molecule has 1 amide bonds. The average molecular weight is 113 g/mol. The SMILES string of the molecule is CC(N)=O.O.O.O. The van der Waals surface area contributed by atoms with E-state index >= 15 is 0 Å². The second-order valence-corrected chi connectivity index (χ2v) is 0.611. The average Bonchev–Trinajstić information content (AvgIpc) is 0.811. The van der Waals surface area contributed by atoms with Crippen LogP contribution in [0.15, 0.2) is 0 Å². The Bertz CT molecular complexity index is 32.7. The van der Waals surface area contributed by atoms with Gasteiger partial charge in [-0.05, 0) is 0 Å². The van der Waals surface area contributed by atoms with Crippen LogP contribution >= 0.6 is 0 Å². The van der Waals surface area contributed by atoms with Crippen molar-refractivity contribution in [2.45, 2.75) is 6.92 Å². The van der Waals surface area contributed by atoms with Gasteiger partial charge in [-0.25, -0.2) is 0 Å². The maximum atomic E-state index is 9.22. The molecule has 0 saturated carbocycles. The number of amides is 1. The van der Waals surface area contributed by atoms with Crippen LogP contribution in [0, 0.1) is 0 Å². The Morgan fingerprint density at radius 3 is 1.29 bits per heavy atom. The lowest BCUT2D eigenvalue weighted by Crippen LogP contribution is -2.01. The van der Waals surface area contributed by atoms with Gasteiger partial charge in [-0.1, -0.05) is 0 Å². The van der Waals surface area contributed by atoms with Crippen molar-refractivity contribution < 1.29 is 21.2 Å². The highest BCUT2D eigenvalue weighted by Gasteiger charge is 1.61. The summed E-state index contributed by atoms with van der Waals surface area (Å²) < 4.78 is 0. The van der Waals surface area contributed by atoms with E-state index in [0.29, 0.717) is 0 Å². The van der Waals surface area contributed by atoms with Gasteiger partial charge in [-0.3, -0.25) is 4.79 Å². The zero-order valence-electron chi connectivity index (χ0n) is 3.99. The van der Waals surface area contributed by atoms with Crippen molar-refractivity contribution in [3.05, 3.63) is 0 Å². The van der Waals surface area contributed by atoms with Gasteiger partial charge < -0.3 is 22.2 Å². The summed E-state index contributed by atoms with van der Waals surface area (Å²) in [6.07, 6.45) is 0. The van der Waals surface area contributed by atoms with Crippen LogP contribution in [-0.2, 0) is 4.79 Å². The van der Waals surface area contributed by atoms with Crippen molar-refractivity contribution in [1.82, 2.24) is 0 Å². The molecule has 0 unspecified atom stereocenters. The van der Waals surface area contributed by atoms with E-state index in [2.05, 4.69) is 5.73 Å². The van der Waals surface area contributed by atoms with E-state index in [1.165, 1.54) is 6.92 Å². The van der Waals surface area contributed by atoms with Crippen LogP contribution < -0.4 is 5.73 Å². The third-order valence-corrected chi connectivity index (χ3v) is 0. The molecule has 5 heteroatoms. The van der Waals surface area contributed by atoms with Crippen LogP contribution in [0.1, 0.15) is 6.92 Å². The van der Waals surface area contributed by atoms with E-state index in [9.17, 15) is 4.79 Å². The summed E-state index contributed by atoms with van der Waals surface area (Å²) in [6, 6.07) is 0. The smallest absolute Gasteiger partial charge is 0.214 e. The predicted octanol–water partition coefficient (Wildman–Crippen LogP) is -2.98. The van der Waals surface area contributed by atoms with E-state index in [-0.39, 0.29) is 22.3 Å². The van der Waals surface area contributed by atoms with Crippen molar-refractivity contribution >= 4 is 5.91 Å². The summed E-state index contributed by atoms with van der Waals surface area (Å²) in [5.41, 5.74) is 4.47. The van der Waals surface area contributed by atoms with E-state index in [1.54, 1.807) is 0 Å². The first kappa shape index (κ1) is 32.9. The number of carbonyl (C=O) groups excluding carboxylic acids is 1. The Morgan fingerprint density at radius 2 is 1.29 bits per heavy atom. The maximum Gasteiger partial charge on any atom is 0.214 e. The molecule has 0 bridgehead atoms. The van der Waals surface area contributed by atoms with Crippen molar-refractivity contribution in [2.24, 2.45) is 5.73 Å². The summed E-state index contributed by atoms with van der Waals surface area (Å²) in [5.74, 6) is -0.333. The molecule has 8 N–H and O–H groups in total. The Labute approximate surface area is 41.0 Å². The normalized spacial score (nSPS) is 3.57. The van der Waals surface area contributed by atoms with Gasteiger partial charge in [0.05, 0.1) is 0 Å². The molecule has 0 aromatic heterocycles. The fourth-order valence-corrected chi connectivity index (χ4v) is 0. The molecular formula is C2H11NO4. The Hall–Kier alpha value is -0.650. The summed E-state index contributed by atoms with van der Waals surface area (Å²) in [6.45, 7) is 1.31. The van der Waals surface area contributed by atoms with Crippen LogP contribution in [0.5, 0.6) is 0 Å². The molecule has 0 aliphatic carbocycles. The highest BCUT2D eigenvalue weighted by Crippen LogP contribution is 1.33. The lowest BCUT2D eigenvalue weighted by Gasteiger charge is -1.60. The number of nitrogens with two attached hydrogens (primary N) is 1. The summed E-state index contributed by atoms with van der Waals surface area (Å²) >= 11 is 0. The van der Waals surface area contributed by atoms with E-state index in [4.69, 9.17) is 0 Å². The van der Waals surface area contributed by atoms with Crippen LogP contribution in [-0.4, -0.2) is 22.3 Å². The molecule has 0 aromatic rings. The first-order valence-electron chi connectivity index (χ1n) is 0.993. The third kappa shape index (κ3) is 142. The Kier molecular flexibility index (Phi) is 86.2. The molecule has 0 aliphatic heterocycles. The molecule has 0 aliphatic rings. The van der Waals surface area contributed by atoms with Gasteiger partial charge in [0.2, 0.25) is 5.91 Å². The quantitative estimate of drug-likeness (QED) is 0.352. The monoisotopic (exact) mass is 113 g/mol. The zero-order valence-corrected chi connectivity index (χ0v) is 3.99. The van der Waals surface area contributed by atoms with Crippen LogP contribution in [0.2, 0.25) is 0 Å². The van der Waals surface area contributed by atoms with Gasteiger partial charge >= 0.3 is 0 Å². The van der Waals surface area contributed by atoms with Crippen molar-refractivity contribution in [1.29, 1.82) is 0 Å². The highest BCUT2D eigenvalue weighted by molar-refractivity contribution is 5.70. The van der Waals surface area contributed by atoms with Crippen LogP contribution in [0.3, 0.4) is 0 Å². The molecular weight excluding hydrogens is 102 g/mol. The Morgan fingerprint density at radius 1 is 1.29 bits per heavy atom. The molecule has 0 heterocycles. The molecule has 0 rings (SSSR count). The van der Waals surface area contributed by atoms with Gasteiger partial charge in [0.25, 0.3) is 0 Å². The number of rotatable bonds is 0. The molecule has 0 fully saturated rings. The number of carbonyl (C=O) groups is 1. The maximum absolute atomic E-state index is 9.22. The van der Waals surface area contributed by atoms with Crippen molar-refractivity contribution in [3.8, 4) is 0 Å². The number of hydrogen-bond acceptors (Lipinski definition) is 1. The van der Waals surface area contributed by atoms with Crippen molar-refractivity contribution in [3.63, 3.8) is 0 Å². The second kappa shape index (κ2) is 18.3. The van der Waals surface area contributed by atoms with Crippen LogP contribution in [0.4, 0.5) is 0 Å². The second-order valence-electron chi connectivity index (χ2n) is 0.611. The highest BCUT2D eigenvalue weighted by atomic mass is 16.1. The number of primary amides is 1. The summed E-state index contributed by atoms with van der Waals surface area (Å²) in [7, 11) is 0. The predicted molar refractivity (Wildman–Crippen MR) is 25.7 cm³/mol. The number of hydrogen-bond donors (Lipinski definition) is 1. The summed E-state index contributed by atoms with van der Waals surface area (Å²) in [5, 5.41) is 0. The molecule has 0 saturated heterocycles. The molecule has 0 aromatic carbocycles. The molecule has 0 radical (unpaired) electrons. The third-order valence-electron chi connectivity index (χ3n) is 0. The van der Waals surface area contributed by atoms with E-state index in [1.807, 2.05) is 0 Å². The first-order chi connectivity index (χ1) is 1.73. The lowest BCUT2D eigenvalue weighted by atomic mass is 10.8.